The predicted molar refractivity (Wildman–Crippen MR) is 62.8 cm³/mol. The lowest BCUT2D eigenvalue weighted by atomic mass is 9.89. The van der Waals surface area contributed by atoms with Gasteiger partial charge in [0.2, 0.25) is 0 Å². The Kier molecular flexibility index (Phi) is 3.39. The second kappa shape index (κ2) is 4.78. The van der Waals surface area contributed by atoms with Crippen molar-refractivity contribution < 1.29 is 4.39 Å². The molecule has 1 aliphatic rings. The molecule has 1 aromatic heterocycles. The van der Waals surface area contributed by atoms with Gasteiger partial charge < -0.3 is 11.1 Å². The second-order valence-electron chi connectivity index (χ2n) is 4.48. The zero-order chi connectivity index (χ0) is 11.5. The molecule has 1 aliphatic heterocycles. The predicted octanol–water partition coefficient (Wildman–Crippen LogP) is 1.98. The summed E-state index contributed by atoms with van der Waals surface area (Å²) in [5, 5.41) is 3.23. The second-order valence-corrected chi connectivity index (χ2v) is 4.48. The molecular formula is C12H18FN3. The van der Waals surface area contributed by atoms with Crippen molar-refractivity contribution in [3.8, 4) is 0 Å². The molecule has 2 heterocycles. The van der Waals surface area contributed by atoms with E-state index in [1.165, 1.54) is 0 Å². The Morgan fingerprint density at radius 2 is 2.19 bits per heavy atom. The van der Waals surface area contributed by atoms with Crippen LogP contribution in [0.4, 0.5) is 10.2 Å². The number of hydrogen-bond donors (Lipinski definition) is 2. The van der Waals surface area contributed by atoms with Crippen LogP contribution in [-0.4, -0.2) is 18.1 Å². The third-order valence-corrected chi connectivity index (χ3v) is 3.18. The van der Waals surface area contributed by atoms with Gasteiger partial charge >= 0.3 is 0 Å². The lowest BCUT2D eigenvalue weighted by Gasteiger charge is -2.26. The summed E-state index contributed by atoms with van der Waals surface area (Å²) in [6.45, 7) is 3.69. The van der Waals surface area contributed by atoms with E-state index >= 15 is 0 Å². The van der Waals surface area contributed by atoms with E-state index in [9.17, 15) is 4.39 Å². The van der Waals surface area contributed by atoms with Crippen molar-refractivity contribution in [3.05, 3.63) is 23.4 Å². The zero-order valence-corrected chi connectivity index (χ0v) is 9.54. The molecule has 0 spiro atoms. The summed E-state index contributed by atoms with van der Waals surface area (Å²) >= 11 is 0. The minimum absolute atomic E-state index is 0.0761. The Morgan fingerprint density at radius 3 is 2.88 bits per heavy atom. The van der Waals surface area contributed by atoms with Crippen LogP contribution in [0.15, 0.2) is 12.3 Å². The van der Waals surface area contributed by atoms with E-state index in [1.54, 1.807) is 6.20 Å². The van der Waals surface area contributed by atoms with Gasteiger partial charge in [-0.3, -0.25) is 0 Å². The first kappa shape index (κ1) is 11.3. The summed E-state index contributed by atoms with van der Waals surface area (Å²) < 4.78 is 14.3. The number of piperidine rings is 1. The van der Waals surface area contributed by atoms with Crippen LogP contribution < -0.4 is 11.1 Å². The number of aryl methyl sites for hydroxylation is 1. The SMILES string of the molecule is Cc1cnc(N)c(C(F)C2CCNCC2)c1. The third kappa shape index (κ3) is 2.32. The van der Waals surface area contributed by atoms with Gasteiger partial charge in [0.1, 0.15) is 12.0 Å². The Bertz CT molecular complexity index is 361. The number of rotatable bonds is 2. The molecule has 1 fully saturated rings. The number of pyridine rings is 1. The van der Waals surface area contributed by atoms with Gasteiger partial charge in [0.15, 0.2) is 0 Å². The van der Waals surface area contributed by atoms with Gasteiger partial charge in [-0.2, -0.15) is 0 Å². The van der Waals surface area contributed by atoms with Crippen LogP contribution in [0.25, 0.3) is 0 Å². The van der Waals surface area contributed by atoms with Crippen molar-refractivity contribution in [2.24, 2.45) is 5.92 Å². The maximum atomic E-state index is 14.3. The van der Waals surface area contributed by atoms with Gasteiger partial charge in [0.25, 0.3) is 0 Å². The quantitative estimate of drug-likeness (QED) is 0.806. The average molecular weight is 223 g/mol. The fourth-order valence-corrected chi connectivity index (χ4v) is 2.21. The minimum Gasteiger partial charge on any atom is -0.383 e. The van der Waals surface area contributed by atoms with E-state index in [-0.39, 0.29) is 5.92 Å². The van der Waals surface area contributed by atoms with Crippen molar-refractivity contribution in [1.82, 2.24) is 10.3 Å². The maximum absolute atomic E-state index is 14.3. The molecule has 1 unspecified atom stereocenters. The Hall–Kier alpha value is -1.16. The monoisotopic (exact) mass is 223 g/mol. The van der Waals surface area contributed by atoms with Crippen molar-refractivity contribution >= 4 is 5.82 Å². The van der Waals surface area contributed by atoms with Crippen molar-refractivity contribution in [2.45, 2.75) is 25.9 Å². The fourth-order valence-electron chi connectivity index (χ4n) is 2.21. The number of nitrogen functional groups attached to an aromatic ring is 1. The highest BCUT2D eigenvalue weighted by molar-refractivity contribution is 5.42. The first-order chi connectivity index (χ1) is 7.68. The Morgan fingerprint density at radius 1 is 1.50 bits per heavy atom. The van der Waals surface area contributed by atoms with Crippen LogP contribution in [0.1, 0.15) is 30.1 Å². The normalized spacial score (nSPS) is 19.6. The molecule has 0 bridgehead atoms. The van der Waals surface area contributed by atoms with Gasteiger partial charge in [-0.05, 0) is 50.4 Å². The number of aromatic nitrogens is 1. The molecule has 0 radical (unpaired) electrons. The molecule has 4 heteroatoms. The smallest absolute Gasteiger partial charge is 0.132 e. The molecule has 1 atom stereocenters. The summed E-state index contributed by atoms with van der Waals surface area (Å²) in [6, 6.07) is 1.81. The number of halogens is 1. The molecule has 3 N–H and O–H groups in total. The summed E-state index contributed by atoms with van der Waals surface area (Å²) in [7, 11) is 0. The number of hydrogen-bond acceptors (Lipinski definition) is 3. The first-order valence-corrected chi connectivity index (χ1v) is 5.75. The highest BCUT2D eigenvalue weighted by Gasteiger charge is 2.26. The molecular weight excluding hydrogens is 205 g/mol. The molecule has 0 saturated carbocycles. The molecule has 1 aromatic rings. The lowest BCUT2D eigenvalue weighted by Crippen LogP contribution is -2.30. The van der Waals surface area contributed by atoms with E-state index in [0.717, 1.165) is 31.5 Å². The van der Waals surface area contributed by atoms with E-state index in [1.807, 2.05) is 13.0 Å². The Labute approximate surface area is 95.3 Å². The highest BCUT2D eigenvalue weighted by atomic mass is 19.1. The molecule has 0 aromatic carbocycles. The topological polar surface area (TPSA) is 50.9 Å². The van der Waals surface area contributed by atoms with Crippen LogP contribution in [-0.2, 0) is 0 Å². The van der Waals surface area contributed by atoms with Crippen LogP contribution in [0.3, 0.4) is 0 Å². The van der Waals surface area contributed by atoms with Crippen molar-refractivity contribution in [2.75, 3.05) is 18.8 Å². The van der Waals surface area contributed by atoms with E-state index in [2.05, 4.69) is 10.3 Å². The standard InChI is InChI=1S/C12H18FN3/c1-8-6-10(12(14)16-7-8)11(13)9-2-4-15-5-3-9/h6-7,9,11,15H,2-5H2,1H3,(H2,14,16). The highest BCUT2D eigenvalue weighted by Crippen LogP contribution is 2.34. The van der Waals surface area contributed by atoms with Crippen molar-refractivity contribution in [1.29, 1.82) is 0 Å². The fraction of sp³-hybridized carbons (Fsp3) is 0.583. The van der Waals surface area contributed by atoms with E-state index in [0.29, 0.717) is 11.4 Å². The number of alkyl halides is 1. The number of nitrogens with zero attached hydrogens (tertiary/aromatic N) is 1. The molecule has 3 nitrogen and oxygen atoms in total. The van der Waals surface area contributed by atoms with E-state index in [4.69, 9.17) is 5.73 Å². The van der Waals surface area contributed by atoms with Gasteiger partial charge in [0, 0.05) is 11.8 Å². The van der Waals surface area contributed by atoms with Crippen LogP contribution in [0.5, 0.6) is 0 Å². The number of nitrogens with two attached hydrogens (primary N) is 1. The number of nitrogens with one attached hydrogen (secondary N) is 1. The van der Waals surface area contributed by atoms with E-state index < -0.39 is 6.17 Å². The molecule has 0 amide bonds. The molecule has 1 saturated heterocycles. The zero-order valence-electron chi connectivity index (χ0n) is 9.54. The molecule has 2 rings (SSSR count). The average Bonchev–Trinajstić information content (AvgIpc) is 2.32. The minimum atomic E-state index is -0.977. The third-order valence-electron chi connectivity index (χ3n) is 3.18. The lowest BCUT2D eigenvalue weighted by molar-refractivity contribution is 0.191. The van der Waals surface area contributed by atoms with Crippen molar-refractivity contribution in [3.63, 3.8) is 0 Å². The van der Waals surface area contributed by atoms with Crippen LogP contribution in [0, 0.1) is 12.8 Å². The van der Waals surface area contributed by atoms with Gasteiger partial charge in [-0.25, -0.2) is 9.37 Å². The number of anilines is 1. The molecule has 0 aliphatic carbocycles. The Balaban J connectivity index is 2.18. The summed E-state index contributed by atoms with van der Waals surface area (Å²) in [6.07, 6.45) is 2.44. The van der Waals surface area contributed by atoms with Gasteiger partial charge in [-0.1, -0.05) is 0 Å². The van der Waals surface area contributed by atoms with Gasteiger partial charge in [-0.15, -0.1) is 0 Å². The molecule has 16 heavy (non-hydrogen) atoms. The summed E-state index contributed by atoms with van der Waals surface area (Å²) in [5.41, 5.74) is 7.25. The molecule has 88 valence electrons. The largest absolute Gasteiger partial charge is 0.383 e. The van der Waals surface area contributed by atoms with Crippen LogP contribution in [0.2, 0.25) is 0 Å². The first-order valence-electron chi connectivity index (χ1n) is 5.75. The maximum Gasteiger partial charge on any atom is 0.132 e. The van der Waals surface area contributed by atoms with Crippen LogP contribution >= 0.6 is 0 Å². The summed E-state index contributed by atoms with van der Waals surface area (Å²) in [5.74, 6) is 0.406. The van der Waals surface area contributed by atoms with Gasteiger partial charge in [0.05, 0.1) is 0 Å². The summed E-state index contributed by atoms with van der Waals surface area (Å²) in [4.78, 5) is 4.02.